The summed E-state index contributed by atoms with van der Waals surface area (Å²) in [7, 11) is 2.87. The van der Waals surface area contributed by atoms with Gasteiger partial charge < -0.3 is 14.8 Å². The Labute approximate surface area is 162 Å². The Morgan fingerprint density at radius 2 is 1.96 bits per heavy atom. The summed E-state index contributed by atoms with van der Waals surface area (Å²) in [5.74, 6) is 0.375. The van der Waals surface area contributed by atoms with Crippen LogP contribution in [0.3, 0.4) is 0 Å². The first-order valence-corrected chi connectivity index (χ1v) is 9.01. The normalized spacial score (nSPS) is 22.0. The van der Waals surface area contributed by atoms with E-state index in [-0.39, 0.29) is 29.5 Å². The maximum absolute atomic E-state index is 11.7. The number of esters is 1. The highest BCUT2D eigenvalue weighted by Crippen LogP contribution is 2.53. The molecule has 0 amide bonds. The van der Waals surface area contributed by atoms with Crippen LogP contribution in [0, 0.1) is 16.0 Å². The van der Waals surface area contributed by atoms with Crippen molar-refractivity contribution in [3.63, 3.8) is 0 Å². The number of anilines is 1. The molecular formula is C21H20N2O5. The number of nitrogens with one attached hydrogen (secondary N) is 1. The zero-order chi connectivity index (χ0) is 19.8. The lowest BCUT2D eigenvalue weighted by atomic mass is 9.76. The van der Waals surface area contributed by atoms with Gasteiger partial charge in [0, 0.05) is 12.0 Å². The van der Waals surface area contributed by atoms with Crippen LogP contribution in [0.15, 0.2) is 48.6 Å². The van der Waals surface area contributed by atoms with Crippen LogP contribution < -0.4 is 10.1 Å². The largest absolute Gasteiger partial charge is 0.494 e. The molecule has 7 heteroatoms. The lowest BCUT2D eigenvalue weighted by Crippen LogP contribution is -2.29. The van der Waals surface area contributed by atoms with Crippen molar-refractivity contribution >= 4 is 17.3 Å². The average Bonchev–Trinajstić information content (AvgIpc) is 3.22. The first-order chi connectivity index (χ1) is 13.5. The van der Waals surface area contributed by atoms with Gasteiger partial charge in [0.25, 0.3) is 5.69 Å². The van der Waals surface area contributed by atoms with Crippen LogP contribution >= 0.6 is 0 Å². The van der Waals surface area contributed by atoms with Crippen LogP contribution in [-0.4, -0.2) is 25.1 Å². The number of hydrogen-bond donors (Lipinski definition) is 1. The molecule has 1 aliphatic carbocycles. The maximum atomic E-state index is 11.7. The fourth-order valence-corrected chi connectivity index (χ4v) is 4.19. The second kappa shape index (κ2) is 6.99. The van der Waals surface area contributed by atoms with Crippen molar-refractivity contribution in [2.24, 2.45) is 5.92 Å². The maximum Gasteiger partial charge on any atom is 0.337 e. The summed E-state index contributed by atoms with van der Waals surface area (Å²) in [4.78, 5) is 22.6. The Balaban J connectivity index is 1.76. The van der Waals surface area contributed by atoms with E-state index in [4.69, 9.17) is 9.47 Å². The molecule has 0 saturated heterocycles. The number of fused-ring (bicyclic) bond motifs is 3. The lowest BCUT2D eigenvalue weighted by molar-refractivity contribution is -0.385. The van der Waals surface area contributed by atoms with E-state index < -0.39 is 4.92 Å². The Morgan fingerprint density at radius 1 is 1.21 bits per heavy atom. The summed E-state index contributed by atoms with van der Waals surface area (Å²) >= 11 is 0. The summed E-state index contributed by atoms with van der Waals surface area (Å²) in [5.41, 5.74) is 3.22. The minimum Gasteiger partial charge on any atom is -0.494 e. The van der Waals surface area contributed by atoms with Gasteiger partial charge in [0.05, 0.1) is 42.5 Å². The molecule has 0 spiro atoms. The van der Waals surface area contributed by atoms with Gasteiger partial charge in [-0.2, -0.15) is 0 Å². The zero-order valence-electron chi connectivity index (χ0n) is 15.5. The zero-order valence-corrected chi connectivity index (χ0v) is 15.5. The van der Waals surface area contributed by atoms with E-state index in [0.29, 0.717) is 11.3 Å². The monoisotopic (exact) mass is 380 g/mol. The Morgan fingerprint density at radius 3 is 2.61 bits per heavy atom. The van der Waals surface area contributed by atoms with Crippen LogP contribution in [0.5, 0.6) is 5.75 Å². The molecule has 0 bridgehead atoms. The number of hydrogen-bond acceptors (Lipinski definition) is 6. The molecule has 3 atom stereocenters. The molecule has 1 aliphatic heterocycles. The third kappa shape index (κ3) is 2.89. The van der Waals surface area contributed by atoms with Crippen LogP contribution in [0.2, 0.25) is 0 Å². The van der Waals surface area contributed by atoms with Gasteiger partial charge in [0.15, 0.2) is 0 Å². The molecule has 28 heavy (non-hydrogen) atoms. The number of nitrogens with zero attached hydrogens (tertiary/aromatic N) is 1. The third-order valence-electron chi connectivity index (χ3n) is 5.54. The van der Waals surface area contributed by atoms with Gasteiger partial charge in [-0.25, -0.2) is 4.79 Å². The molecule has 1 heterocycles. The molecule has 0 radical (unpaired) electrons. The second-order valence-electron chi connectivity index (χ2n) is 6.96. The first-order valence-electron chi connectivity index (χ1n) is 9.01. The van der Waals surface area contributed by atoms with E-state index in [2.05, 4.69) is 17.5 Å². The number of nitro benzene ring substituents is 1. The van der Waals surface area contributed by atoms with Crippen molar-refractivity contribution in [3.05, 3.63) is 75.4 Å². The fourth-order valence-electron chi connectivity index (χ4n) is 4.19. The van der Waals surface area contributed by atoms with E-state index in [1.165, 1.54) is 20.3 Å². The van der Waals surface area contributed by atoms with Crippen molar-refractivity contribution in [2.75, 3.05) is 19.5 Å². The van der Waals surface area contributed by atoms with E-state index in [1.54, 1.807) is 18.2 Å². The van der Waals surface area contributed by atoms with Gasteiger partial charge in [-0.05, 0) is 35.6 Å². The van der Waals surface area contributed by atoms with Gasteiger partial charge in [-0.15, -0.1) is 0 Å². The highest BCUT2D eigenvalue weighted by Gasteiger charge is 2.40. The third-order valence-corrected chi connectivity index (χ3v) is 5.54. The van der Waals surface area contributed by atoms with Gasteiger partial charge in [0.1, 0.15) is 5.75 Å². The standard InChI is InChI=1S/C21H20N2O5/c1-27-18-11-14(23(25)26)10-17-15-4-3-5-16(15)19(22-20(17)18)12-6-8-13(9-7-12)21(24)28-2/h3-4,6-11,15-16,19,22H,5H2,1-2H3/t15-,16+,19+/m0/s1. The smallest absolute Gasteiger partial charge is 0.337 e. The number of carbonyl (C=O) groups excluding carboxylic acids is 1. The van der Waals surface area contributed by atoms with E-state index in [1.807, 2.05) is 12.1 Å². The topological polar surface area (TPSA) is 90.7 Å². The van der Waals surface area contributed by atoms with Crippen LogP contribution in [-0.2, 0) is 4.74 Å². The second-order valence-corrected chi connectivity index (χ2v) is 6.96. The Bertz CT molecular complexity index is 968. The molecule has 144 valence electrons. The summed E-state index contributed by atoms with van der Waals surface area (Å²) in [5, 5.41) is 14.8. The molecule has 0 unspecified atom stereocenters. The summed E-state index contributed by atoms with van der Waals surface area (Å²) < 4.78 is 10.2. The number of ether oxygens (including phenoxy) is 2. The highest BCUT2D eigenvalue weighted by atomic mass is 16.6. The van der Waals surface area contributed by atoms with Crippen molar-refractivity contribution < 1.29 is 19.2 Å². The molecule has 4 rings (SSSR count). The summed E-state index contributed by atoms with van der Waals surface area (Å²) in [6, 6.07) is 10.4. The molecular weight excluding hydrogens is 360 g/mol. The van der Waals surface area contributed by atoms with Crippen molar-refractivity contribution in [3.8, 4) is 5.75 Å². The number of methoxy groups -OCH3 is 2. The van der Waals surface area contributed by atoms with Gasteiger partial charge >= 0.3 is 5.97 Å². The predicted molar refractivity (Wildman–Crippen MR) is 104 cm³/mol. The molecule has 7 nitrogen and oxygen atoms in total. The quantitative estimate of drug-likeness (QED) is 0.370. The molecule has 0 saturated carbocycles. The number of allylic oxidation sites excluding steroid dienone is 2. The van der Waals surface area contributed by atoms with E-state index in [9.17, 15) is 14.9 Å². The SMILES string of the molecule is COC(=O)c1ccc([C@H]2Nc3c(OC)cc([N+](=O)[O-])cc3[C@H]3C=CC[C@H]32)cc1. The van der Waals surface area contributed by atoms with Crippen LogP contribution in [0.4, 0.5) is 11.4 Å². The molecule has 2 aliphatic rings. The summed E-state index contributed by atoms with van der Waals surface area (Å²) in [6.45, 7) is 0. The van der Waals surface area contributed by atoms with Crippen molar-refractivity contribution in [2.45, 2.75) is 18.4 Å². The fraction of sp³-hybridized carbons (Fsp3) is 0.286. The predicted octanol–water partition coefficient (Wildman–Crippen LogP) is 4.22. The lowest BCUT2D eigenvalue weighted by Gasteiger charge is -2.38. The van der Waals surface area contributed by atoms with Gasteiger partial charge in [-0.3, -0.25) is 10.1 Å². The van der Waals surface area contributed by atoms with Gasteiger partial charge in [-0.1, -0.05) is 24.3 Å². The van der Waals surface area contributed by atoms with Crippen molar-refractivity contribution in [1.29, 1.82) is 0 Å². The van der Waals surface area contributed by atoms with Gasteiger partial charge in [0.2, 0.25) is 0 Å². The number of nitro groups is 1. The molecule has 0 aromatic heterocycles. The van der Waals surface area contributed by atoms with Crippen LogP contribution in [0.1, 0.15) is 39.9 Å². The number of carbonyl (C=O) groups is 1. The molecule has 2 aromatic carbocycles. The molecule has 2 aromatic rings. The molecule has 0 fully saturated rings. The first kappa shape index (κ1) is 18.0. The van der Waals surface area contributed by atoms with Crippen LogP contribution in [0.25, 0.3) is 0 Å². The minimum absolute atomic E-state index is 0.00504. The number of non-ortho nitro benzene ring substituents is 1. The number of benzene rings is 2. The average molecular weight is 380 g/mol. The van der Waals surface area contributed by atoms with Crippen molar-refractivity contribution in [1.82, 2.24) is 0 Å². The Kier molecular flexibility index (Phi) is 4.50. The van der Waals surface area contributed by atoms with E-state index in [0.717, 1.165) is 23.2 Å². The molecule has 1 N–H and O–H groups in total. The van der Waals surface area contributed by atoms with E-state index >= 15 is 0 Å². The summed E-state index contributed by atoms with van der Waals surface area (Å²) in [6.07, 6.45) is 5.10. The Hall–Kier alpha value is -3.35. The number of rotatable bonds is 4. The minimum atomic E-state index is -0.395. The highest BCUT2D eigenvalue weighted by molar-refractivity contribution is 5.89.